The number of anilines is 1. The molecule has 0 saturated carbocycles. The van der Waals surface area contributed by atoms with Crippen molar-refractivity contribution in [1.82, 2.24) is 0 Å². The van der Waals surface area contributed by atoms with Crippen molar-refractivity contribution in [3.8, 4) is 5.75 Å². The molecule has 0 fully saturated rings. The van der Waals surface area contributed by atoms with Crippen LogP contribution in [-0.4, -0.2) is 22.1 Å². The molecule has 0 unspecified atom stereocenters. The summed E-state index contributed by atoms with van der Waals surface area (Å²) in [6, 6.07) is 4.07. The Labute approximate surface area is 182 Å². The molecule has 3 N–H and O–H groups in total. The molecule has 0 radical (unpaired) electrons. The van der Waals surface area contributed by atoms with Gasteiger partial charge in [-0.1, -0.05) is 96.8 Å². The van der Waals surface area contributed by atoms with Crippen molar-refractivity contribution in [1.29, 1.82) is 0 Å². The molecule has 0 atom stereocenters. The molecule has 0 bridgehead atoms. The van der Waals surface area contributed by atoms with E-state index in [-0.39, 0.29) is 17.2 Å². The molecule has 0 aliphatic rings. The van der Waals surface area contributed by atoms with Crippen LogP contribution < -0.4 is 5.32 Å². The predicted octanol–water partition coefficient (Wildman–Crippen LogP) is 7.29. The standard InChI is InChI=1S/C25H41NO4/c1-2-3-4-5-6-7-8-9-10-11-12-13-14-15-16-17-24(28)26-21-18-19-23(27)22(20-21)25(29)30/h18-20,27H,2-17H2,1H3,(H,26,28)(H,29,30). The van der Waals surface area contributed by atoms with Gasteiger partial charge in [0.15, 0.2) is 0 Å². The van der Waals surface area contributed by atoms with Crippen LogP contribution in [0.1, 0.15) is 120 Å². The van der Waals surface area contributed by atoms with Crippen molar-refractivity contribution in [2.75, 3.05) is 5.32 Å². The van der Waals surface area contributed by atoms with Crippen LogP contribution in [-0.2, 0) is 4.79 Å². The maximum absolute atomic E-state index is 12.0. The quantitative estimate of drug-likeness (QED) is 0.172. The summed E-state index contributed by atoms with van der Waals surface area (Å²) in [6.07, 6.45) is 19.7. The van der Waals surface area contributed by atoms with Crippen LogP contribution in [0.25, 0.3) is 0 Å². The van der Waals surface area contributed by atoms with Gasteiger partial charge in [-0.2, -0.15) is 0 Å². The monoisotopic (exact) mass is 419 g/mol. The number of nitrogens with one attached hydrogen (secondary N) is 1. The van der Waals surface area contributed by atoms with Crippen molar-refractivity contribution in [3.63, 3.8) is 0 Å². The van der Waals surface area contributed by atoms with Crippen LogP contribution in [0.2, 0.25) is 0 Å². The number of carboxylic acid groups (broad SMARTS) is 1. The van der Waals surface area contributed by atoms with E-state index in [2.05, 4.69) is 12.2 Å². The maximum Gasteiger partial charge on any atom is 0.339 e. The van der Waals surface area contributed by atoms with Crippen molar-refractivity contribution >= 4 is 17.6 Å². The Kier molecular flexibility index (Phi) is 14.5. The lowest BCUT2D eigenvalue weighted by Gasteiger charge is -2.07. The minimum atomic E-state index is -1.22. The van der Waals surface area contributed by atoms with E-state index in [4.69, 9.17) is 5.11 Å². The average Bonchev–Trinajstić information content (AvgIpc) is 2.72. The Morgan fingerprint density at radius 3 is 1.70 bits per heavy atom. The Balaban J connectivity index is 1.95. The summed E-state index contributed by atoms with van der Waals surface area (Å²) in [5.74, 6) is -1.64. The van der Waals surface area contributed by atoms with Crippen molar-refractivity contribution in [2.24, 2.45) is 0 Å². The third-order valence-corrected chi connectivity index (χ3v) is 5.52. The molecule has 5 heteroatoms. The summed E-state index contributed by atoms with van der Waals surface area (Å²) in [4.78, 5) is 23.0. The smallest absolute Gasteiger partial charge is 0.339 e. The minimum Gasteiger partial charge on any atom is -0.507 e. The first-order valence-corrected chi connectivity index (χ1v) is 11.9. The third-order valence-electron chi connectivity index (χ3n) is 5.52. The number of hydrogen-bond donors (Lipinski definition) is 3. The lowest BCUT2D eigenvalue weighted by atomic mass is 10.0. The highest BCUT2D eigenvalue weighted by molar-refractivity contribution is 5.95. The number of unbranched alkanes of at least 4 members (excludes halogenated alkanes) is 14. The Morgan fingerprint density at radius 2 is 1.23 bits per heavy atom. The molecule has 1 rings (SSSR count). The van der Waals surface area contributed by atoms with Gasteiger partial charge in [-0.25, -0.2) is 4.79 Å². The van der Waals surface area contributed by atoms with E-state index < -0.39 is 5.97 Å². The molecular weight excluding hydrogens is 378 g/mol. The highest BCUT2D eigenvalue weighted by Gasteiger charge is 2.11. The van der Waals surface area contributed by atoms with Gasteiger partial charge in [0.25, 0.3) is 0 Å². The highest BCUT2D eigenvalue weighted by atomic mass is 16.4. The molecule has 0 spiro atoms. The predicted molar refractivity (Wildman–Crippen MR) is 123 cm³/mol. The first-order valence-electron chi connectivity index (χ1n) is 11.9. The van der Waals surface area contributed by atoms with Crippen LogP contribution in [0.3, 0.4) is 0 Å². The lowest BCUT2D eigenvalue weighted by molar-refractivity contribution is -0.116. The summed E-state index contributed by atoms with van der Waals surface area (Å²) in [7, 11) is 0. The molecule has 1 aromatic rings. The number of benzene rings is 1. The summed E-state index contributed by atoms with van der Waals surface area (Å²) in [5, 5.41) is 21.2. The second kappa shape index (κ2) is 16.7. The molecule has 5 nitrogen and oxygen atoms in total. The summed E-state index contributed by atoms with van der Waals surface area (Å²) >= 11 is 0. The molecule has 0 saturated heterocycles. The fraction of sp³-hybridized carbons (Fsp3) is 0.680. The van der Waals surface area contributed by atoms with E-state index in [0.29, 0.717) is 12.1 Å². The third kappa shape index (κ3) is 12.5. The van der Waals surface area contributed by atoms with E-state index in [9.17, 15) is 14.7 Å². The van der Waals surface area contributed by atoms with Gasteiger partial charge in [0.05, 0.1) is 0 Å². The molecule has 1 amide bonds. The fourth-order valence-electron chi connectivity index (χ4n) is 3.67. The van der Waals surface area contributed by atoms with Gasteiger partial charge in [0.2, 0.25) is 5.91 Å². The summed E-state index contributed by atoms with van der Waals surface area (Å²) in [6.45, 7) is 2.26. The second-order valence-corrected chi connectivity index (χ2v) is 8.29. The van der Waals surface area contributed by atoms with Crippen molar-refractivity contribution in [2.45, 2.75) is 110 Å². The molecule has 30 heavy (non-hydrogen) atoms. The van der Waals surface area contributed by atoms with E-state index in [1.807, 2.05) is 0 Å². The number of phenols is 1. The van der Waals surface area contributed by atoms with Gasteiger partial charge in [-0.05, 0) is 24.6 Å². The first-order chi connectivity index (χ1) is 14.5. The van der Waals surface area contributed by atoms with E-state index in [0.717, 1.165) is 19.3 Å². The highest BCUT2D eigenvalue weighted by Crippen LogP contribution is 2.21. The largest absolute Gasteiger partial charge is 0.507 e. The summed E-state index contributed by atoms with van der Waals surface area (Å²) in [5.41, 5.74) is 0.191. The van der Waals surface area contributed by atoms with E-state index >= 15 is 0 Å². The molecular formula is C25H41NO4. The van der Waals surface area contributed by atoms with Crippen LogP contribution in [0, 0.1) is 0 Å². The van der Waals surface area contributed by atoms with E-state index in [1.165, 1.54) is 95.2 Å². The first kappa shape index (κ1) is 26.0. The number of rotatable bonds is 18. The molecule has 1 aromatic carbocycles. The molecule has 0 aliphatic carbocycles. The van der Waals surface area contributed by atoms with Crippen LogP contribution >= 0.6 is 0 Å². The zero-order valence-electron chi connectivity index (χ0n) is 18.8. The van der Waals surface area contributed by atoms with Gasteiger partial charge >= 0.3 is 5.97 Å². The zero-order valence-corrected chi connectivity index (χ0v) is 18.8. The molecule has 0 aliphatic heterocycles. The second-order valence-electron chi connectivity index (χ2n) is 8.29. The average molecular weight is 420 g/mol. The Morgan fingerprint density at radius 1 is 0.767 bits per heavy atom. The minimum absolute atomic E-state index is 0.119. The van der Waals surface area contributed by atoms with Gasteiger partial charge in [-0.15, -0.1) is 0 Å². The lowest BCUT2D eigenvalue weighted by Crippen LogP contribution is -2.11. The Bertz CT molecular complexity index is 615. The van der Waals surface area contributed by atoms with Crippen molar-refractivity contribution < 1.29 is 19.8 Å². The SMILES string of the molecule is CCCCCCCCCCCCCCCCCC(=O)Nc1ccc(O)c(C(=O)O)c1. The van der Waals surface area contributed by atoms with Gasteiger partial charge < -0.3 is 15.5 Å². The number of carboxylic acids is 1. The summed E-state index contributed by atoms with van der Waals surface area (Å²) < 4.78 is 0. The van der Waals surface area contributed by atoms with Crippen LogP contribution in [0.5, 0.6) is 5.75 Å². The van der Waals surface area contributed by atoms with Crippen LogP contribution in [0.4, 0.5) is 5.69 Å². The van der Waals surface area contributed by atoms with Gasteiger partial charge in [0.1, 0.15) is 11.3 Å². The van der Waals surface area contributed by atoms with Gasteiger partial charge in [0, 0.05) is 12.1 Å². The maximum atomic E-state index is 12.0. The fourth-order valence-corrected chi connectivity index (χ4v) is 3.67. The zero-order chi connectivity index (χ0) is 22.0. The number of carbonyl (C=O) groups is 2. The normalized spacial score (nSPS) is 10.8. The molecule has 0 aromatic heterocycles. The van der Waals surface area contributed by atoms with E-state index in [1.54, 1.807) is 0 Å². The molecule has 0 heterocycles. The van der Waals surface area contributed by atoms with Gasteiger partial charge in [-0.3, -0.25) is 4.79 Å². The number of aromatic hydroxyl groups is 1. The Hall–Kier alpha value is -2.04. The molecule has 170 valence electrons. The number of carbonyl (C=O) groups excluding carboxylic acids is 1. The van der Waals surface area contributed by atoms with Crippen LogP contribution in [0.15, 0.2) is 18.2 Å². The van der Waals surface area contributed by atoms with Crippen molar-refractivity contribution in [3.05, 3.63) is 23.8 Å². The topological polar surface area (TPSA) is 86.6 Å². The number of aromatic carboxylic acids is 1. The number of amides is 1. The number of hydrogen-bond acceptors (Lipinski definition) is 3.